The molecule has 0 N–H and O–H groups in total. The molecule has 0 aromatic heterocycles. The van der Waals surface area contributed by atoms with Gasteiger partial charge in [-0.25, -0.2) is 0 Å². The summed E-state index contributed by atoms with van der Waals surface area (Å²) in [5.41, 5.74) is -0.398. The number of rotatable bonds is 10. The Morgan fingerprint density at radius 3 is 2.23 bits per heavy atom. The third-order valence-corrected chi connectivity index (χ3v) is 4.75. The van der Waals surface area contributed by atoms with Crippen molar-refractivity contribution in [3.63, 3.8) is 0 Å². The normalized spacial score (nSPS) is 13.4. The number of methoxy groups -OCH3 is 1. The summed E-state index contributed by atoms with van der Waals surface area (Å²) in [5.74, 6) is -1.50. The smallest absolute Gasteiger partial charge is 0.471 e. The SMILES string of the molecule is C=C[C@](CCC)(COCc1ccccc1)N(C(=O)C(F)(F)F)c1ccc(OC)cc1. The molecule has 0 saturated heterocycles. The first kappa shape index (κ1) is 23.5. The molecule has 7 heteroatoms. The zero-order valence-corrected chi connectivity index (χ0v) is 17.1. The molecule has 0 spiro atoms. The van der Waals surface area contributed by atoms with Gasteiger partial charge in [0.25, 0.3) is 0 Å². The molecule has 4 nitrogen and oxygen atoms in total. The van der Waals surface area contributed by atoms with Gasteiger partial charge in [0.1, 0.15) is 5.75 Å². The highest BCUT2D eigenvalue weighted by molar-refractivity contribution is 5.99. The Labute approximate surface area is 174 Å². The topological polar surface area (TPSA) is 38.8 Å². The summed E-state index contributed by atoms with van der Waals surface area (Å²) in [5, 5.41) is 0. The fraction of sp³-hybridized carbons (Fsp3) is 0.348. The summed E-state index contributed by atoms with van der Waals surface area (Å²) in [6.45, 7) is 5.66. The summed E-state index contributed by atoms with van der Waals surface area (Å²) < 4.78 is 51.5. The molecule has 162 valence electrons. The minimum atomic E-state index is -5.05. The first-order valence-electron chi connectivity index (χ1n) is 9.58. The van der Waals surface area contributed by atoms with E-state index in [0.717, 1.165) is 10.5 Å². The lowest BCUT2D eigenvalue weighted by atomic mass is 9.91. The Kier molecular flexibility index (Phi) is 8.06. The molecular formula is C23H26F3NO3. The lowest BCUT2D eigenvalue weighted by Crippen LogP contribution is -2.57. The molecule has 1 amide bonds. The van der Waals surface area contributed by atoms with Gasteiger partial charge in [-0.3, -0.25) is 9.69 Å². The van der Waals surface area contributed by atoms with E-state index in [-0.39, 0.29) is 25.3 Å². The summed E-state index contributed by atoms with van der Waals surface area (Å²) >= 11 is 0. The zero-order chi connectivity index (χ0) is 22.2. The van der Waals surface area contributed by atoms with Gasteiger partial charge in [-0.05, 0) is 36.2 Å². The van der Waals surface area contributed by atoms with Crippen LogP contribution >= 0.6 is 0 Å². The molecule has 30 heavy (non-hydrogen) atoms. The summed E-state index contributed by atoms with van der Waals surface area (Å²) in [4.78, 5) is 13.2. The molecule has 0 unspecified atom stereocenters. The van der Waals surface area contributed by atoms with E-state index in [1.54, 1.807) is 0 Å². The van der Waals surface area contributed by atoms with Crippen LogP contribution in [0.3, 0.4) is 0 Å². The van der Waals surface area contributed by atoms with Crippen molar-refractivity contribution in [2.45, 2.75) is 38.1 Å². The minimum absolute atomic E-state index is 0.0924. The summed E-state index contributed by atoms with van der Waals surface area (Å²) in [7, 11) is 1.45. The van der Waals surface area contributed by atoms with Crippen LogP contribution in [0.25, 0.3) is 0 Å². The van der Waals surface area contributed by atoms with Crippen LogP contribution in [-0.4, -0.2) is 31.3 Å². The second-order valence-electron chi connectivity index (χ2n) is 6.87. The number of nitrogens with zero attached hydrogens (tertiary/aromatic N) is 1. The zero-order valence-electron chi connectivity index (χ0n) is 17.1. The van der Waals surface area contributed by atoms with Crippen molar-refractivity contribution in [2.24, 2.45) is 0 Å². The molecule has 0 radical (unpaired) electrons. The largest absolute Gasteiger partial charge is 0.497 e. The molecule has 2 rings (SSSR count). The summed E-state index contributed by atoms with van der Waals surface area (Å²) in [6, 6.07) is 15.1. The number of halogens is 3. The highest BCUT2D eigenvalue weighted by Crippen LogP contribution is 2.35. The van der Waals surface area contributed by atoms with E-state index in [1.807, 2.05) is 37.3 Å². The summed E-state index contributed by atoms with van der Waals surface area (Å²) in [6.07, 6.45) is -2.91. The van der Waals surface area contributed by atoms with Crippen molar-refractivity contribution in [1.82, 2.24) is 0 Å². The van der Waals surface area contributed by atoms with Crippen LogP contribution in [-0.2, 0) is 16.1 Å². The number of ether oxygens (including phenoxy) is 2. The fourth-order valence-electron chi connectivity index (χ4n) is 3.29. The molecule has 0 bridgehead atoms. The first-order valence-corrected chi connectivity index (χ1v) is 9.58. The van der Waals surface area contributed by atoms with Gasteiger partial charge >= 0.3 is 12.1 Å². The van der Waals surface area contributed by atoms with Crippen LogP contribution in [0.4, 0.5) is 18.9 Å². The maximum absolute atomic E-state index is 13.5. The molecule has 0 heterocycles. The number of hydrogen-bond donors (Lipinski definition) is 0. The molecule has 0 aliphatic heterocycles. The average molecular weight is 421 g/mol. The Bertz CT molecular complexity index is 822. The molecule has 0 aliphatic rings. The van der Waals surface area contributed by atoms with Crippen LogP contribution in [0.1, 0.15) is 25.3 Å². The molecule has 0 fully saturated rings. The van der Waals surface area contributed by atoms with E-state index in [2.05, 4.69) is 6.58 Å². The van der Waals surface area contributed by atoms with Gasteiger partial charge in [-0.15, -0.1) is 6.58 Å². The van der Waals surface area contributed by atoms with Gasteiger partial charge < -0.3 is 9.47 Å². The Hall–Kier alpha value is -2.80. The maximum Gasteiger partial charge on any atom is 0.471 e. The Morgan fingerprint density at radius 2 is 1.73 bits per heavy atom. The van der Waals surface area contributed by atoms with Crippen molar-refractivity contribution < 1.29 is 27.4 Å². The van der Waals surface area contributed by atoms with Crippen molar-refractivity contribution in [3.05, 3.63) is 72.8 Å². The number of amides is 1. The van der Waals surface area contributed by atoms with E-state index in [4.69, 9.17) is 9.47 Å². The van der Waals surface area contributed by atoms with Gasteiger partial charge in [0.2, 0.25) is 0 Å². The average Bonchev–Trinajstić information content (AvgIpc) is 2.74. The molecule has 2 aromatic rings. The van der Waals surface area contributed by atoms with Crippen molar-refractivity contribution >= 4 is 11.6 Å². The number of hydrogen-bond acceptors (Lipinski definition) is 3. The number of alkyl halides is 3. The number of benzene rings is 2. The van der Waals surface area contributed by atoms with Crippen LogP contribution < -0.4 is 9.64 Å². The predicted molar refractivity (Wildman–Crippen MR) is 110 cm³/mol. The lowest BCUT2D eigenvalue weighted by Gasteiger charge is -2.42. The first-order chi connectivity index (χ1) is 14.3. The fourth-order valence-corrected chi connectivity index (χ4v) is 3.29. The third-order valence-electron chi connectivity index (χ3n) is 4.75. The predicted octanol–water partition coefficient (Wildman–Crippen LogP) is 5.53. The lowest BCUT2D eigenvalue weighted by molar-refractivity contribution is -0.172. The van der Waals surface area contributed by atoms with Crippen molar-refractivity contribution in [1.29, 1.82) is 0 Å². The van der Waals surface area contributed by atoms with Gasteiger partial charge in [-0.1, -0.05) is 49.8 Å². The quantitative estimate of drug-likeness (QED) is 0.474. The van der Waals surface area contributed by atoms with E-state index in [0.29, 0.717) is 12.2 Å². The number of carbonyl (C=O) groups is 1. The van der Waals surface area contributed by atoms with E-state index in [1.165, 1.54) is 37.5 Å². The van der Waals surface area contributed by atoms with Crippen molar-refractivity contribution in [2.75, 3.05) is 18.6 Å². The highest BCUT2D eigenvalue weighted by atomic mass is 19.4. The molecule has 1 atom stereocenters. The molecule has 2 aromatic carbocycles. The van der Waals surface area contributed by atoms with Crippen LogP contribution in [0.5, 0.6) is 5.75 Å². The Morgan fingerprint density at radius 1 is 1.10 bits per heavy atom. The van der Waals surface area contributed by atoms with Crippen LogP contribution in [0.2, 0.25) is 0 Å². The van der Waals surface area contributed by atoms with Crippen molar-refractivity contribution in [3.8, 4) is 5.75 Å². The molecular weight excluding hydrogens is 395 g/mol. The van der Waals surface area contributed by atoms with Crippen LogP contribution in [0.15, 0.2) is 67.3 Å². The molecule has 0 saturated carbocycles. The maximum atomic E-state index is 13.5. The van der Waals surface area contributed by atoms with Crippen LogP contribution in [0, 0.1) is 0 Å². The monoisotopic (exact) mass is 421 g/mol. The van der Waals surface area contributed by atoms with Gasteiger partial charge in [0.15, 0.2) is 0 Å². The van der Waals surface area contributed by atoms with Gasteiger partial charge in [-0.2, -0.15) is 13.2 Å². The molecule has 0 aliphatic carbocycles. The highest BCUT2D eigenvalue weighted by Gasteiger charge is 2.49. The second kappa shape index (κ2) is 10.3. The van der Waals surface area contributed by atoms with Gasteiger partial charge in [0.05, 0.1) is 25.9 Å². The minimum Gasteiger partial charge on any atom is -0.497 e. The number of anilines is 1. The Balaban J connectivity index is 2.42. The second-order valence-corrected chi connectivity index (χ2v) is 6.87. The van der Waals surface area contributed by atoms with E-state index < -0.39 is 17.6 Å². The third kappa shape index (κ3) is 5.63. The van der Waals surface area contributed by atoms with E-state index in [9.17, 15) is 18.0 Å². The van der Waals surface area contributed by atoms with E-state index >= 15 is 0 Å². The number of carbonyl (C=O) groups excluding carboxylic acids is 1. The van der Waals surface area contributed by atoms with Gasteiger partial charge in [0, 0.05) is 5.69 Å². The standard InChI is InChI=1S/C23H26F3NO3/c1-4-15-22(5-2,17-30-16-18-9-7-6-8-10-18)27(21(28)23(24,25)26)19-11-13-20(29-3)14-12-19/h5-14H,2,4,15-17H2,1,3H3/t22-/m0/s1.